The molecule has 3 rings (SSSR count). The zero-order chi connectivity index (χ0) is 21.7. The second-order valence-corrected chi connectivity index (χ2v) is 10.4. The summed E-state index contributed by atoms with van der Waals surface area (Å²) in [5.74, 6) is -0.940. The number of thioether (sulfide) groups is 1. The molecule has 1 heterocycles. The van der Waals surface area contributed by atoms with Crippen LogP contribution in [0.2, 0.25) is 0 Å². The van der Waals surface area contributed by atoms with Crippen LogP contribution in [-0.2, 0) is 15.8 Å². The fourth-order valence-electron chi connectivity index (χ4n) is 2.43. The summed E-state index contributed by atoms with van der Waals surface area (Å²) in [5, 5.41) is 10.6. The van der Waals surface area contributed by atoms with E-state index >= 15 is 0 Å². The fourth-order valence-corrected chi connectivity index (χ4v) is 5.41. The highest BCUT2D eigenvalue weighted by Crippen LogP contribution is 2.28. The Labute approximate surface area is 182 Å². The highest BCUT2D eigenvalue weighted by Gasteiger charge is 2.21. The summed E-state index contributed by atoms with van der Waals surface area (Å²) in [7, 11) is -3.86. The van der Waals surface area contributed by atoms with Gasteiger partial charge >= 0.3 is 0 Å². The lowest BCUT2D eigenvalue weighted by molar-refractivity contribution is 0.102. The molecular weight excluding hydrogens is 447 g/mol. The Morgan fingerprint density at radius 2 is 1.90 bits per heavy atom. The van der Waals surface area contributed by atoms with Crippen LogP contribution < -0.4 is 10.0 Å². The van der Waals surface area contributed by atoms with Gasteiger partial charge in [-0.25, -0.2) is 17.5 Å². The van der Waals surface area contributed by atoms with Gasteiger partial charge < -0.3 is 0 Å². The van der Waals surface area contributed by atoms with E-state index in [1.54, 1.807) is 13.8 Å². The van der Waals surface area contributed by atoms with Crippen molar-refractivity contribution in [3.63, 3.8) is 0 Å². The molecule has 1 amide bonds. The van der Waals surface area contributed by atoms with E-state index in [4.69, 9.17) is 0 Å². The molecule has 2 N–H and O–H groups in total. The number of anilines is 1. The second-order valence-electron chi connectivity index (χ2n) is 6.52. The summed E-state index contributed by atoms with van der Waals surface area (Å²) in [4.78, 5) is 12.3. The quantitative estimate of drug-likeness (QED) is 0.386. The van der Waals surface area contributed by atoms with E-state index < -0.39 is 27.3 Å². The number of amides is 1. The molecule has 3 aromatic rings. The number of halogens is 1. The molecule has 158 valence electrons. The predicted octanol–water partition coefficient (Wildman–Crippen LogP) is 3.91. The molecule has 0 spiro atoms. The van der Waals surface area contributed by atoms with Crippen LogP contribution in [-0.4, -0.2) is 30.6 Å². The van der Waals surface area contributed by atoms with Crippen molar-refractivity contribution < 1.29 is 17.6 Å². The van der Waals surface area contributed by atoms with Gasteiger partial charge in [0.25, 0.3) is 5.91 Å². The number of sulfonamides is 1. The minimum atomic E-state index is -3.86. The first-order valence-electron chi connectivity index (χ1n) is 8.88. The van der Waals surface area contributed by atoms with E-state index in [-0.39, 0.29) is 16.1 Å². The van der Waals surface area contributed by atoms with Gasteiger partial charge in [0.05, 0.1) is 10.5 Å². The molecule has 1 aromatic heterocycles. The molecular formula is C19H19FN4O3S3. The van der Waals surface area contributed by atoms with Gasteiger partial charge in [0.2, 0.25) is 15.2 Å². The average Bonchev–Trinajstić information content (AvgIpc) is 3.13. The van der Waals surface area contributed by atoms with Crippen molar-refractivity contribution in [2.75, 3.05) is 5.32 Å². The molecule has 0 radical (unpaired) electrons. The third-order valence-corrected chi connectivity index (χ3v) is 7.42. The van der Waals surface area contributed by atoms with Gasteiger partial charge in [-0.3, -0.25) is 10.1 Å². The van der Waals surface area contributed by atoms with Crippen LogP contribution in [0.3, 0.4) is 0 Å². The Bertz CT molecular complexity index is 1130. The van der Waals surface area contributed by atoms with Crippen LogP contribution >= 0.6 is 23.1 Å². The first-order valence-corrected chi connectivity index (χ1v) is 12.2. The molecule has 0 aliphatic rings. The van der Waals surface area contributed by atoms with Crippen LogP contribution in [0.5, 0.6) is 0 Å². The highest BCUT2D eigenvalue weighted by atomic mass is 32.2. The van der Waals surface area contributed by atoms with Crippen LogP contribution in [0.15, 0.2) is 57.8 Å². The van der Waals surface area contributed by atoms with E-state index in [0.29, 0.717) is 10.1 Å². The summed E-state index contributed by atoms with van der Waals surface area (Å²) in [6.45, 7) is 3.33. The Morgan fingerprint density at radius 1 is 1.17 bits per heavy atom. The van der Waals surface area contributed by atoms with Gasteiger partial charge in [-0.1, -0.05) is 53.4 Å². The molecule has 0 aliphatic heterocycles. The van der Waals surface area contributed by atoms with E-state index in [1.807, 2.05) is 30.3 Å². The maximum Gasteiger partial charge on any atom is 0.260 e. The van der Waals surface area contributed by atoms with Crippen molar-refractivity contribution in [3.8, 4) is 0 Å². The lowest BCUT2D eigenvalue weighted by Crippen LogP contribution is -2.30. The molecule has 2 aromatic carbocycles. The minimum Gasteiger partial charge on any atom is -0.296 e. The maximum absolute atomic E-state index is 14.2. The number of hydrogen-bond donors (Lipinski definition) is 2. The molecule has 0 aliphatic carbocycles. The number of nitrogens with one attached hydrogen (secondary N) is 2. The molecule has 0 saturated heterocycles. The van der Waals surface area contributed by atoms with Crippen LogP contribution in [0.1, 0.15) is 29.8 Å². The zero-order valence-corrected chi connectivity index (χ0v) is 18.6. The summed E-state index contributed by atoms with van der Waals surface area (Å²) in [5.41, 5.74) is 0.730. The number of benzene rings is 2. The molecule has 0 bridgehead atoms. The smallest absolute Gasteiger partial charge is 0.260 e. The molecule has 11 heteroatoms. The highest BCUT2D eigenvalue weighted by molar-refractivity contribution is 8.00. The first-order chi connectivity index (χ1) is 14.2. The molecule has 7 nitrogen and oxygen atoms in total. The first kappa shape index (κ1) is 22.3. The Morgan fingerprint density at radius 3 is 2.60 bits per heavy atom. The second kappa shape index (κ2) is 9.65. The van der Waals surface area contributed by atoms with Crippen molar-refractivity contribution in [1.82, 2.24) is 14.9 Å². The largest absolute Gasteiger partial charge is 0.296 e. The summed E-state index contributed by atoms with van der Waals surface area (Å²) in [6, 6.07) is 12.5. The minimum absolute atomic E-state index is 0.195. The lowest BCUT2D eigenvalue weighted by Gasteiger charge is -2.11. The fraction of sp³-hybridized carbons (Fsp3) is 0.211. The number of nitrogens with zero attached hydrogens (tertiary/aromatic N) is 2. The van der Waals surface area contributed by atoms with E-state index in [0.717, 1.165) is 35.1 Å². The number of hydrogen-bond acceptors (Lipinski definition) is 7. The zero-order valence-electron chi connectivity index (χ0n) is 16.1. The van der Waals surface area contributed by atoms with Crippen LogP contribution in [0.4, 0.5) is 9.52 Å². The average molecular weight is 467 g/mol. The summed E-state index contributed by atoms with van der Waals surface area (Å²) >= 11 is 2.62. The number of carbonyl (C=O) groups excluding carboxylic acids is 1. The Kier molecular flexibility index (Phi) is 7.19. The van der Waals surface area contributed by atoms with Gasteiger partial charge in [-0.2, -0.15) is 0 Å². The van der Waals surface area contributed by atoms with Crippen molar-refractivity contribution in [2.24, 2.45) is 0 Å². The van der Waals surface area contributed by atoms with E-state index in [9.17, 15) is 17.6 Å². The molecule has 0 fully saturated rings. The van der Waals surface area contributed by atoms with Crippen molar-refractivity contribution in [2.45, 2.75) is 34.9 Å². The number of aromatic nitrogens is 2. The van der Waals surface area contributed by atoms with Crippen molar-refractivity contribution in [3.05, 3.63) is 65.5 Å². The van der Waals surface area contributed by atoms with Crippen molar-refractivity contribution in [1.29, 1.82) is 0 Å². The molecule has 30 heavy (non-hydrogen) atoms. The SMILES string of the molecule is CC(C)NS(=O)(=O)c1ccc(F)c(C(=O)Nc2nnc(SCc3ccccc3)s2)c1. The summed E-state index contributed by atoms with van der Waals surface area (Å²) < 4.78 is 41.8. The van der Waals surface area contributed by atoms with Crippen molar-refractivity contribution >= 4 is 44.2 Å². The molecule has 0 atom stereocenters. The normalized spacial score (nSPS) is 11.6. The van der Waals surface area contributed by atoms with E-state index in [2.05, 4.69) is 20.2 Å². The van der Waals surface area contributed by atoms with Gasteiger partial charge in [0, 0.05) is 11.8 Å². The van der Waals surface area contributed by atoms with Crippen LogP contribution in [0.25, 0.3) is 0 Å². The molecule has 0 unspecified atom stereocenters. The third kappa shape index (κ3) is 5.85. The van der Waals surface area contributed by atoms with E-state index in [1.165, 1.54) is 11.8 Å². The van der Waals surface area contributed by atoms with Gasteiger partial charge in [0.1, 0.15) is 5.82 Å². The van der Waals surface area contributed by atoms with Gasteiger partial charge in [-0.15, -0.1) is 10.2 Å². The Hall–Kier alpha value is -2.34. The van der Waals surface area contributed by atoms with Gasteiger partial charge in [-0.05, 0) is 37.6 Å². The topological polar surface area (TPSA) is 101 Å². The number of rotatable bonds is 8. The van der Waals surface area contributed by atoms with Crippen LogP contribution in [0, 0.1) is 5.82 Å². The monoisotopic (exact) mass is 466 g/mol. The standard InChI is InChI=1S/C19H19FN4O3S3/c1-12(2)24-30(26,27)14-8-9-16(20)15(10-14)17(25)21-18-22-23-19(29-18)28-11-13-6-4-3-5-7-13/h3-10,12,24H,11H2,1-2H3,(H,21,22,25). The van der Waals surface area contributed by atoms with Gasteiger partial charge in [0.15, 0.2) is 4.34 Å². The molecule has 0 saturated carbocycles. The number of carbonyl (C=O) groups is 1. The third-order valence-electron chi connectivity index (χ3n) is 3.72. The lowest BCUT2D eigenvalue weighted by atomic mass is 10.2. The maximum atomic E-state index is 14.2. The summed E-state index contributed by atoms with van der Waals surface area (Å²) in [6.07, 6.45) is 0. The predicted molar refractivity (Wildman–Crippen MR) is 116 cm³/mol. The Balaban J connectivity index is 1.70.